The summed E-state index contributed by atoms with van der Waals surface area (Å²) in [6.07, 6.45) is 1.45. The molecule has 1 aromatic heterocycles. The fraction of sp³-hybridized carbons (Fsp3) is 0.278. The number of rotatable bonds is 7. The van der Waals surface area contributed by atoms with Crippen molar-refractivity contribution in [3.8, 4) is 5.88 Å². The molecule has 0 aliphatic rings. The molecule has 132 valence electrons. The molecule has 2 amide bonds. The Morgan fingerprint density at radius 3 is 2.08 bits per heavy atom. The second-order valence-corrected chi connectivity index (χ2v) is 5.57. The van der Waals surface area contributed by atoms with Crippen LogP contribution in [0.5, 0.6) is 5.88 Å². The molecule has 0 radical (unpaired) electrons. The third kappa shape index (κ3) is 5.87. The van der Waals surface area contributed by atoms with Crippen molar-refractivity contribution in [3.05, 3.63) is 59.5 Å². The van der Waals surface area contributed by atoms with Gasteiger partial charge < -0.3 is 15.4 Å². The molecule has 25 heavy (non-hydrogen) atoms. The molecule has 0 unspecified atom stereocenters. The average molecular weight is 345 g/mol. The van der Waals surface area contributed by atoms with E-state index in [4.69, 9.17) is 4.74 Å². The molecule has 7 heteroatoms. The van der Waals surface area contributed by atoms with Crippen LogP contribution in [0.25, 0.3) is 0 Å². The Morgan fingerprint density at radius 2 is 1.56 bits per heavy atom. The number of pyridine rings is 1. The van der Waals surface area contributed by atoms with Gasteiger partial charge in [-0.05, 0) is 44.2 Å². The zero-order chi connectivity index (χ0) is 18.2. The summed E-state index contributed by atoms with van der Waals surface area (Å²) < 4.78 is 18.2. The van der Waals surface area contributed by atoms with Gasteiger partial charge in [0.15, 0.2) is 0 Å². The first-order valence-electron chi connectivity index (χ1n) is 7.90. The third-order valence-electron chi connectivity index (χ3n) is 3.16. The lowest BCUT2D eigenvalue weighted by molar-refractivity contribution is 0.0927. The van der Waals surface area contributed by atoms with Crippen molar-refractivity contribution in [2.45, 2.75) is 20.0 Å². The third-order valence-corrected chi connectivity index (χ3v) is 3.16. The molecule has 1 aromatic carbocycles. The molecule has 2 aromatic rings. The highest BCUT2D eigenvalue weighted by molar-refractivity contribution is 5.95. The van der Waals surface area contributed by atoms with Crippen LogP contribution in [0.2, 0.25) is 0 Å². The SMILES string of the molecule is CC(C)Oc1ccc(C(=O)NCCNC(=O)c2ccc(F)cc2)cn1. The molecule has 6 nitrogen and oxygen atoms in total. The van der Waals surface area contributed by atoms with Gasteiger partial charge in [0.05, 0.1) is 11.7 Å². The fourth-order valence-electron chi connectivity index (χ4n) is 1.98. The normalized spacial score (nSPS) is 10.4. The number of nitrogens with one attached hydrogen (secondary N) is 2. The number of amides is 2. The van der Waals surface area contributed by atoms with Gasteiger partial charge in [-0.1, -0.05) is 0 Å². The van der Waals surface area contributed by atoms with E-state index in [-0.39, 0.29) is 31.0 Å². The Bertz CT molecular complexity index is 715. The van der Waals surface area contributed by atoms with Crippen LogP contribution in [0.4, 0.5) is 4.39 Å². The van der Waals surface area contributed by atoms with Gasteiger partial charge in [-0.25, -0.2) is 9.37 Å². The summed E-state index contributed by atoms with van der Waals surface area (Å²) in [6, 6.07) is 8.49. The maximum absolute atomic E-state index is 12.8. The van der Waals surface area contributed by atoms with E-state index in [1.807, 2.05) is 13.8 Å². The van der Waals surface area contributed by atoms with Gasteiger partial charge in [-0.15, -0.1) is 0 Å². The quantitative estimate of drug-likeness (QED) is 0.754. The minimum atomic E-state index is -0.401. The zero-order valence-corrected chi connectivity index (χ0v) is 14.1. The van der Waals surface area contributed by atoms with E-state index in [0.29, 0.717) is 17.0 Å². The summed E-state index contributed by atoms with van der Waals surface area (Å²) in [5, 5.41) is 5.32. The molecule has 0 atom stereocenters. The highest BCUT2D eigenvalue weighted by Gasteiger charge is 2.08. The van der Waals surface area contributed by atoms with E-state index in [2.05, 4.69) is 15.6 Å². The van der Waals surface area contributed by atoms with Crippen molar-refractivity contribution in [3.63, 3.8) is 0 Å². The van der Waals surface area contributed by atoms with Crippen molar-refractivity contribution in [2.24, 2.45) is 0 Å². The number of hydrogen-bond donors (Lipinski definition) is 2. The van der Waals surface area contributed by atoms with Gasteiger partial charge in [0, 0.05) is 30.9 Å². The summed E-state index contributed by atoms with van der Waals surface area (Å²) in [4.78, 5) is 27.9. The number of benzene rings is 1. The van der Waals surface area contributed by atoms with Crippen LogP contribution in [-0.2, 0) is 0 Å². The average Bonchev–Trinajstić information content (AvgIpc) is 2.59. The molecule has 0 saturated carbocycles. The van der Waals surface area contributed by atoms with Gasteiger partial charge in [-0.2, -0.15) is 0 Å². The molecule has 2 rings (SSSR count). The number of carbonyl (C=O) groups is 2. The molecular weight excluding hydrogens is 325 g/mol. The maximum Gasteiger partial charge on any atom is 0.252 e. The van der Waals surface area contributed by atoms with E-state index in [9.17, 15) is 14.0 Å². The first-order chi connectivity index (χ1) is 12.0. The van der Waals surface area contributed by atoms with Crippen molar-refractivity contribution >= 4 is 11.8 Å². The minimum absolute atomic E-state index is 0.0110. The first-order valence-corrected chi connectivity index (χ1v) is 7.90. The molecule has 2 N–H and O–H groups in total. The standard InChI is InChI=1S/C18H20FN3O3/c1-12(2)25-16-8-5-14(11-22-16)18(24)21-10-9-20-17(23)13-3-6-15(19)7-4-13/h3-8,11-12H,9-10H2,1-2H3,(H,20,23)(H,21,24). The van der Waals surface area contributed by atoms with Crippen LogP contribution in [-0.4, -0.2) is 36.0 Å². The number of hydrogen-bond acceptors (Lipinski definition) is 4. The summed E-state index contributed by atoms with van der Waals surface area (Å²) in [5.74, 6) is -0.564. The zero-order valence-electron chi connectivity index (χ0n) is 14.1. The van der Waals surface area contributed by atoms with E-state index in [0.717, 1.165) is 0 Å². The topological polar surface area (TPSA) is 80.3 Å². The lowest BCUT2D eigenvalue weighted by atomic mass is 10.2. The van der Waals surface area contributed by atoms with E-state index in [1.165, 1.54) is 30.5 Å². The van der Waals surface area contributed by atoms with Gasteiger partial charge in [0.25, 0.3) is 11.8 Å². The van der Waals surface area contributed by atoms with Gasteiger partial charge in [0.2, 0.25) is 5.88 Å². The van der Waals surface area contributed by atoms with Crippen molar-refractivity contribution < 1.29 is 18.7 Å². The van der Waals surface area contributed by atoms with Crippen LogP contribution in [0.15, 0.2) is 42.6 Å². The summed E-state index contributed by atoms with van der Waals surface area (Å²) in [6.45, 7) is 4.30. The Morgan fingerprint density at radius 1 is 1.00 bits per heavy atom. The fourth-order valence-corrected chi connectivity index (χ4v) is 1.98. The molecule has 1 heterocycles. The monoisotopic (exact) mass is 345 g/mol. The molecule has 0 spiro atoms. The predicted molar refractivity (Wildman–Crippen MR) is 91.1 cm³/mol. The largest absolute Gasteiger partial charge is 0.475 e. The predicted octanol–water partition coefficient (Wildman–Crippen LogP) is 2.17. The van der Waals surface area contributed by atoms with E-state index < -0.39 is 5.82 Å². The Labute approximate surface area is 145 Å². The van der Waals surface area contributed by atoms with E-state index in [1.54, 1.807) is 12.1 Å². The number of nitrogens with zero attached hydrogens (tertiary/aromatic N) is 1. The highest BCUT2D eigenvalue weighted by atomic mass is 19.1. The molecule has 0 aliphatic heterocycles. The lowest BCUT2D eigenvalue weighted by Crippen LogP contribution is -2.34. The smallest absolute Gasteiger partial charge is 0.252 e. The molecule has 0 saturated heterocycles. The van der Waals surface area contributed by atoms with Crippen LogP contribution in [0, 0.1) is 5.82 Å². The van der Waals surface area contributed by atoms with Crippen molar-refractivity contribution in [2.75, 3.05) is 13.1 Å². The number of halogens is 1. The summed E-state index contributed by atoms with van der Waals surface area (Å²) in [7, 11) is 0. The Hall–Kier alpha value is -2.96. The highest BCUT2D eigenvalue weighted by Crippen LogP contribution is 2.09. The maximum atomic E-state index is 12.8. The first kappa shape index (κ1) is 18.4. The van der Waals surface area contributed by atoms with Crippen molar-refractivity contribution in [1.82, 2.24) is 15.6 Å². The second kappa shape index (κ2) is 8.77. The Balaban J connectivity index is 1.74. The van der Waals surface area contributed by atoms with Gasteiger partial charge >= 0.3 is 0 Å². The molecular formula is C18H20FN3O3. The summed E-state index contributed by atoms with van der Waals surface area (Å²) in [5.41, 5.74) is 0.763. The minimum Gasteiger partial charge on any atom is -0.475 e. The van der Waals surface area contributed by atoms with Gasteiger partial charge in [0.1, 0.15) is 5.82 Å². The molecule has 0 aliphatic carbocycles. The van der Waals surface area contributed by atoms with E-state index >= 15 is 0 Å². The Kier molecular flexibility index (Phi) is 6.45. The number of carbonyl (C=O) groups excluding carboxylic acids is 2. The van der Waals surface area contributed by atoms with Crippen LogP contribution in [0.3, 0.4) is 0 Å². The molecule has 0 fully saturated rings. The van der Waals surface area contributed by atoms with Crippen LogP contribution in [0.1, 0.15) is 34.6 Å². The van der Waals surface area contributed by atoms with Crippen LogP contribution >= 0.6 is 0 Å². The van der Waals surface area contributed by atoms with Crippen molar-refractivity contribution in [1.29, 1.82) is 0 Å². The number of aromatic nitrogens is 1. The van der Waals surface area contributed by atoms with Gasteiger partial charge in [-0.3, -0.25) is 9.59 Å². The molecule has 0 bridgehead atoms. The summed E-state index contributed by atoms with van der Waals surface area (Å²) >= 11 is 0. The second-order valence-electron chi connectivity index (χ2n) is 5.57. The van der Waals surface area contributed by atoms with Crippen LogP contribution < -0.4 is 15.4 Å². The number of ether oxygens (including phenoxy) is 1. The lowest BCUT2D eigenvalue weighted by Gasteiger charge is -2.09.